The van der Waals surface area contributed by atoms with Crippen LogP contribution in [0.4, 0.5) is 5.69 Å². The Morgan fingerprint density at radius 3 is 2.29 bits per heavy atom. The second kappa shape index (κ2) is 10.7. The Morgan fingerprint density at radius 1 is 0.971 bits per heavy atom. The van der Waals surface area contributed by atoms with Crippen LogP contribution in [-0.4, -0.2) is 49.5 Å². The number of hydrogen-bond donors (Lipinski definition) is 1. The van der Waals surface area contributed by atoms with Gasteiger partial charge in [0, 0.05) is 17.5 Å². The van der Waals surface area contributed by atoms with E-state index in [0.29, 0.717) is 22.2 Å². The molecule has 1 heterocycles. The van der Waals surface area contributed by atoms with E-state index in [4.69, 9.17) is 4.99 Å². The molecule has 8 heteroatoms. The first kappa shape index (κ1) is 24.4. The van der Waals surface area contributed by atoms with Crippen molar-refractivity contribution in [3.8, 4) is 5.88 Å². The molecule has 0 spiro atoms. The zero-order valence-corrected chi connectivity index (χ0v) is 20.8. The molecular weight excluding hydrogens is 460 g/mol. The molecule has 0 saturated heterocycles. The van der Waals surface area contributed by atoms with Crippen LogP contribution in [0.3, 0.4) is 0 Å². The van der Waals surface area contributed by atoms with Gasteiger partial charge in [-0.1, -0.05) is 55.5 Å². The molecule has 0 aliphatic heterocycles. The molecule has 0 unspecified atom stereocenters. The Hall–Kier alpha value is -3.75. The maximum Gasteiger partial charge on any atom is 0.333 e. The maximum atomic E-state index is 11.4. The summed E-state index contributed by atoms with van der Waals surface area (Å²) < 4.78 is 27.5. The third-order valence-corrected chi connectivity index (χ3v) is 6.14. The van der Waals surface area contributed by atoms with Gasteiger partial charge in [-0.15, -0.1) is 0 Å². The van der Waals surface area contributed by atoms with Crippen LogP contribution in [0, 0.1) is 0 Å². The number of benzene rings is 3. The topological polar surface area (TPSA) is 87.3 Å². The van der Waals surface area contributed by atoms with E-state index < -0.39 is 10.5 Å². The molecule has 4 aromatic rings. The number of aromatic hydroxyl groups is 1. The number of rotatable bonds is 8. The minimum absolute atomic E-state index is 0.275. The van der Waals surface area contributed by atoms with E-state index >= 15 is 0 Å². The van der Waals surface area contributed by atoms with Gasteiger partial charge in [-0.05, 0) is 66.8 Å². The number of nitrogens with zero attached hydrogens (tertiary/aromatic N) is 4. The number of hydrogen-bond acceptors (Lipinski definition) is 6. The lowest BCUT2D eigenvalue weighted by Crippen LogP contribution is -2.14. The van der Waals surface area contributed by atoms with Gasteiger partial charge in [0.1, 0.15) is 0 Å². The molecule has 1 aromatic heterocycles. The van der Waals surface area contributed by atoms with Gasteiger partial charge in [0.25, 0.3) is 0 Å². The third kappa shape index (κ3) is 5.50. The molecule has 4 rings (SSSR count). The summed E-state index contributed by atoms with van der Waals surface area (Å²) in [6.45, 7) is 2.99. The van der Waals surface area contributed by atoms with Crippen LogP contribution in [0.1, 0.15) is 29.2 Å². The number of aliphatic imine (C=N–C) groups is 1. The summed E-state index contributed by atoms with van der Waals surface area (Å²) in [5, 5.41) is 11.9. The van der Waals surface area contributed by atoms with Crippen molar-refractivity contribution < 1.29 is 13.5 Å². The zero-order valence-electron chi connectivity index (χ0n) is 20.0. The molecule has 0 atom stereocenters. The fourth-order valence-electron chi connectivity index (χ4n) is 3.99. The van der Waals surface area contributed by atoms with Crippen molar-refractivity contribution >= 4 is 32.8 Å². The minimum Gasteiger partial charge on any atom is -0.493 e. The molecule has 0 bridgehead atoms. The van der Waals surface area contributed by atoms with Gasteiger partial charge >= 0.3 is 10.5 Å². The summed E-state index contributed by atoms with van der Waals surface area (Å²) in [5.41, 5.74) is 5.25. The van der Waals surface area contributed by atoms with E-state index in [-0.39, 0.29) is 5.88 Å². The van der Waals surface area contributed by atoms with Crippen LogP contribution in [-0.2, 0) is 23.3 Å². The molecule has 0 aliphatic carbocycles. The highest BCUT2D eigenvalue weighted by atomic mass is 32.2. The highest BCUT2D eigenvalue weighted by Gasteiger charge is 2.23. The summed E-state index contributed by atoms with van der Waals surface area (Å²) in [6, 6.07) is 23.2. The fraction of sp³-hybridized carbons (Fsp3) is 0.222. The summed E-state index contributed by atoms with van der Waals surface area (Å²) in [6.07, 6.45) is 1.72. The van der Waals surface area contributed by atoms with Crippen LogP contribution in [0.25, 0.3) is 10.9 Å². The summed E-state index contributed by atoms with van der Waals surface area (Å²) >= 11 is 0. The Kier molecular flexibility index (Phi) is 7.43. The smallest absolute Gasteiger partial charge is 0.333 e. The first-order chi connectivity index (χ1) is 16.9. The Bertz CT molecular complexity index is 1500. The van der Waals surface area contributed by atoms with Gasteiger partial charge in [-0.25, -0.2) is 4.99 Å². The van der Waals surface area contributed by atoms with Crippen molar-refractivity contribution in [1.29, 1.82) is 0 Å². The van der Waals surface area contributed by atoms with Crippen molar-refractivity contribution in [3.63, 3.8) is 0 Å². The number of fused-ring (bicyclic) bond motifs is 1. The first-order valence-electron chi connectivity index (χ1n) is 11.4. The third-order valence-electron chi connectivity index (χ3n) is 5.85. The molecule has 0 fully saturated rings. The molecule has 0 aliphatic rings. The molecule has 7 nitrogen and oxygen atoms in total. The number of aryl methyl sites for hydroxylation is 1. The van der Waals surface area contributed by atoms with Crippen molar-refractivity contribution in [2.24, 2.45) is 9.46 Å². The molecule has 3 aromatic carbocycles. The quantitative estimate of drug-likeness (QED) is 0.353. The highest BCUT2D eigenvalue weighted by Crippen LogP contribution is 2.35. The van der Waals surface area contributed by atoms with Gasteiger partial charge in [0.15, 0.2) is 0 Å². The zero-order chi connectivity index (χ0) is 24.9. The molecule has 0 saturated carbocycles. The van der Waals surface area contributed by atoms with Gasteiger partial charge in [-0.3, -0.25) is 0 Å². The number of likely N-dealkylation sites (N-methyl/N-ethyl adjacent to an activating group) is 1. The Morgan fingerprint density at radius 2 is 1.66 bits per heavy atom. The van der Waals surface area contributed by atoms with E-state index in [2.05, 4.69) is 21.5 Å². The predicted molar refractivity (Wildman–Crippen MR) is 140 cm³/mol. The molecular formula is C27H28N4O3S. The van der Waals surface area contributed by atoms with Gasteiger partial charge < -0.3 is 10.0 Å². The van der Waals surface area contributed by atoms with Crippen LogP contribution in [0.5, 0.6) is 5.88 Å². The highest BCUT2D eigenvalue weighted by molar-refractivity contribution is 7.61. The normalized spacial score (nSPS) is 11.8. The maximum absolute atomic E-state index is 11.4. The number of aromatic nitrogens is 1. The molecule has 0 amide bonds. The monoisotopic (exact) mass is 488 g/mol. The SMILES string of the molecule is CCc1ccc2c(c1)c(C(=Nc1ccc(CCN(C)C)cc1)c1ccccc1)c(O)n2N=S(=O)=O. The second-order valence-electron chi connectivity index (χ2n) is 8.56. The van der Waals surface area contributed by atoms with Crippen molar-refractivity contribution in [3.05, 3.63) is 95.1 Å². The predicted octanol–water partition coefficient (Wildman–Crippen LogP) is 5.01. The van der Waals surface area contributed by atoms with Crippen LogP contribution < -0.4 is 0 Å². The van der Waals surface area contributed by atoms with Gasteiger partial charge in [-0.2, -0.15) is 13.1 Å². The first-order valence-corrected chi connectivity index (χ1v) is 12.5. The van der Waals surface area contributed by atoms with Gasteiger partial charge in [0.05, 0.1) is 22.5 Å². The van der Waals surface area contributed by atoms with Crippen LogP contribution in [0.2, 0.25) is 0 Å². The molecule has 0 radical (unpaired) electrons. The van der Waals surface area contributed by atoms with E-state index in [1.165, 1.54) is 5.56 Å². The van der Waals surface area contributed by atoms with E-state index in [1.807, 2.05) is 75.6 Å². The average molecular weight is 489 g/mol. The summed E-state index contributed by atoms with van der Waals surface area (Å²) in [7, 11) is 1.35. The van der Waals surface area contributed by atoms with Crippen LogP contribution >= 0.6 is 0 Å². The largest absolute Gasteiger partial charge is 0.493 e. The van der Waals surface area contributed by atoms with Gasteiger partial charge in [0.2, 0.25) is 5.88 Å². The standard InChI is InChI=1S/C27H28N4O3S/c1-4-19-12-15-24-23(18-19)25(27(32)31(24)29-35(33)34)26(21-8-6-5-7-9-21)28-22-13-10-20(11-14-22)16-17-30(2)3/h5-15,18,32H,4,16-17H2,1-3H3. The van der Waals surface area contributed by atoms with Crippen molar-refractivity contribution in [1.82, 2.24) is 9.58 Å². The lowest BCUT2D eigenvalue weighted by molar-refractivity contribution is 0.413. The Balaban J connectivity index is 1.94. The molecule has 180 valence electrons. The summed E-state index contributed by atoms with van der Waals surface area (Å²) in [5.74, 6) is -0.275. The van der Waals surface area contributed by atoms with E-state index in [1.54, 1.807) is 6.07 Å². The minimum atomic E-state index is -2.75. The van der Waals surface area contributed by atoms with Crippen molar-refractivity contribution in [2.45, 2.75) is 19.8 Å². The molecule has 35 heavy (non-hydrogen) atoms. The lowest BCUT2D eigenvalue weighted by atomic mass is 9.99. The van der Waals surface area contributed by atoms with Crippen molar-refractivity contribution in [2.75, 3.05) is 20.6 Å². The van der Waals surface area contributed by atoms with E-state index in [0.717, 1.165) is 40.9 Å². The lowest BCUT2D eigenvalue weighted by Gasteiger charge is -2.10. The Labute approximate surface area is 206 Å². The summed E-state index contributed by atoms with van der Waals surface area (Å²) in [4.78, 5) is 7.07. The average Bonchev–Trinajstić information content (AvgIpc) is 3.12. The second-order valence-corrected chi connectivity index (χ2v) is 9.16. The van der Waals surface area contributed by atoms with E-state index in [9.17, 15) is 13.5 Å². The van der Waals surface area contributed by atoms with Crippen LogP contribution in [0.15, 0.2) is 82.3 Å². The fourth-order valence-corrected chi connectivity index (χ4v) is 4.29. The molecule has 1 N–H and O–H groups in total.